The van der Waals surface area contributed by atoms with Crippen molar-refractivity contribution in [2.24, 2.45) is 0 Å². The number of amides is 2. The van der Waals surface area contributed by atoms with E-state index < -0.39 is 0 Å². The van der Waals surface area contributed by atoms with Crippen LogP contribution in [-0.2, 0) is 4.79 Å². The van der Waals surface area contributed by atoms with E-state index >= 15 is 0 Å². The number of nitrogens with zero attached hydrogens (tertiary/aromatic N) is 1. The van der Waals surface area contributed by atoms with Crippen molar-refractivity contribution in [2.45, 2.75) is 25.7 Å². The van der Waals surface area contributed by atoms with Gasteiger partial charge in [-0.2, -0.15) is 0 Å². The molecule has 1 aliphatic rings. The highest BCUT2D eigenvalue weighted by Crippen LogP contribution is 2.26. The van der Waals surface area contributed by atoms with E-state index in [0.717, 1.165) is 31.6 Å². The molecule has 5 nitrogen and oxygen atoms in total. The average molecular weight is 351 g/mol. The molecule has 0 atom stereocenters. The van der Waals surface area contributed by atoms with E-state index in [1.54, 1.807) is 24.1 Å². The first-order valence-corrected chi connectivity index (χ1v) is 9.01. The lowest BCUT2D eigenvalue weighted by Gasteiger charge is -2.23. The lowest BCUT2D eigenvalue weighted by molar-refractivity contribution is -0.114. The van der Waals surface area contributed by atoms with Crippen molar-refractivity contribution in [3.63, 3.8) is 0 Å². The van der Waals surface area contributed by atoms with Gasteiger partial charge in [-0.1, -0.05) is 12.1 Å². The molecule has 2 amide bonds. The van der Waals surface area contributed by atoms with Crippen LogP contribution >= 0.6 is 0 Å². The molecule has 2 aromatic rings. The summed E-state index contributed by atoms with van der Waals surface area (Å²) in [7, 11) is 1.76. The van der Waals surface area contributed by atoms with Gasteiger partial charge in [0, 0.05) is 30.9 Å². The second kappa shape index (κ2) is 8.15. The molecule has 1 aliphatic heterocycles. The highest BCUT2D eigenvalue weighted by atomic mass is 16.2. The SMILES string of the molecule is CC(=O)Nc1ccc(N(C)C(=O)c2ccc(C3CCNCC3)cc2)cc1. The van der Waals surface area contributed by atoms with Crippen molar-refractivity contribution in [3.05, 3.63) is 59.7 Å². The molecule has 3 rings (SSSR count). The number of piperidine rings is 1. The fourth-order valence-electron chi connectivity index (χ4n) is 3.34. The molecule has 0 saturated carbocycles. The Balaban J connectivity index is 1.68. The summed E-state index contributed by atoms with van der Waals surface area (Å²) in [5, 5.41) is 6.10. The number of anilines is 2. The molecule has 26 heavy (non-hydrogen) atoms. The van der Waals surface area contributed by atoms with E-state index in [9.17, 15) is 9.59 Å². The number of rotatable bonds is 4. The molecule has 0 radical (unpaired) electrons. The summed E-state index contributed by atoms with van der Waals surface area (Å²) >= 11 is 0. The van der Waals surface area contributed by atoms with Gasteiger partial charge in [-0.25, -0.2) is 0 Å². The summed E-state index contributed by atoms with van der Waals surface area (Å²) in [6.07, 6.45) is 2.29. The predicted molar refractivity (Wildman–Crippen MR) is 105 cm³/mol. The highest BCUT2D eigenvalue weighted by molar-refractivity contribution is 6.05. The maximum absolute atomic E-state index is 12.7. The second-order valence-corrected chi connectivity index (χ2v) is 6.74. The summed E-state index contributed by atoms with van der Waals surface area (Å²) < 4.78 is 0. The van der Waals surface area contributed by atoms with Crippen molar-refractivity contribution in [1.29, 1.82) is 0 Å². The van der Waals surface area contributed by atoms with Crippen LogP contribution in [0.1, 0.15) is 41.6 Å². The molecule has 0 aromatic heterocycles. The third-order valence-electron chi connectivity index (χ3n) is 4.85. The van der Waals surface area contributed by atoms with Gasteiger partial charge in [0.1, 0.15) is 0 Å². The number of hydrogen-bond donors (Lipinski definition) is 2. The van der Waals surface area contributed by atoms with E-state index in [2.05, 4.69) is 22.8 Å². The third kappa shape index (κ3) is 4.29. The minimum Gasteiger partial charge on any atom is -0.326 e. The summed E-state index contributed by atoms with van der Waals surface area (Å²) in [5.41, 5.74) is 3.49. The topological polar surface area (TPSA) is 61.4 Å². The Kier molecular flexibility index (Phi) is 5.68. The first kappa shape index (κ1) is 18.1. The lowest BCUT2D eigenvalue weighted by atomic mass is 9.90. The van der Waals surface area contributed by atoms with Crippen LogP contribution in [0.3, 0.4) is 0 Å². The van der Waals surface area contributed by atoms with Gasteiger partial charge >= 0.3 is 0 Å². The van der Waals surface area contributed by atoms with Gasteiger partial charge in [-0.05, 0) is 73.8 Å². The minimum atomic E-state index is -0.115. The van der Waals surface area contributed by atoms with Crippen LogP contribution < -0.4 is 15.5 Å². The van der Waals surface area contributed by atoms with Crippen LogP contribution in [0.25, 0.3) is 0 Å². The Morgan fingerprint density at radius 2 is 1.62 bits per heavy atom. The van der Waals surface area contributed by atoms with Crippen LogP contribution in [-0.4, -0.2) is 32.0 Å². The van der Waals surface area contributed by atoms with Crippen LogP contribution in [0, 0.1) is 0 Å². The molecule has 1 heterocycles. The largest absolute Gasteiger partial charge is 0.326 e. The fraction of sp³-hybridized carbons (Fsp3) is 0.333. The van der Waals surface area contributed by atoms with E-state index in [1.807, 2.05) is 24.3 Å². The Hall–Kier alpha value is -2.66. The molecule has 136 valence electrons. The molecule has 2 aromatic carbocycles. The van der Waals surface area contributed by atoms with Crippen LogP contribution in [0.2, 0.25) is 0 Å². The van der Waals surface area contributed by atoms with Crippen molar-refractivity contribution >= 4 is 23.2 Å². The quantitative estimate of drug-likeness (QED) is 0.888. The van der Waals surface area contributed by atoms with E-state index in [-0.39, 0.29) is 11.8 Å². The molecule has 0 aliphatic carbocycles. The zero-order chi connectivity index (χ0) is 18.5. The highest BCUT2D eigenvalue weighted by Gasteiger charge is 2.17. The van der Waals surface area contributed by atoms with E-state index in [0.29, 0.717) is 17.2 Å². The van der Waals surface area contributed by atoms with Crippen LogP contribution in [0.5, 0.6) is 0 Å². The Labute approximate surface area is 154 Å². The van der Waals surface area contributed by atoms with E-state index in [1.165, 1.54) is 12.5 Å². The monoisotopic (exact) mass is 351 g/mol. The van der Waals surface area contributed by atoms with Gasteiger partial charge in [-0.15, -0.1) is 0 Å². The average Bonchev–Trinajstić information content (AvgIpc) is 2.68. The third-order valence-corrected chi connectivity index (χ3v) is 4.85. The summed E-state index contributed by atoms with van der Waals surface area (Å²) in [6.45, 7) is 3.59. The molecule has 0 bridgehead atoms. The van der Waals surface area contributed by atoms with Crippen molar-refractivity contribution < 1.29 is 9.59 Å². The van der Waals surface area contributed by atoms with Gasteiger partial charge < -0.3 is 15.5 Å². The smallest absolute Gasteiger partial charge is 0.258 e. The van der Waals surface area contributed by atoms with Crippen molar-refractivity contribution in [2.75, 3.05) is 30.4 Å². The van der Waals surface area contributed by atoms with Gasteiger partial charge in [0.15, 0.2) is 0 Å². The van der Waals surface area contributed by atoms with Crippen molar-refractivity contribution in [3.8, 4) is 0 Å². The van der Waals surface area contributed by atoms with Crippen LogP contribution in [0.15, 0.2) is 48.5 Å². The summed E-state index contributed by atoms with van der Waals surface area (Å²) in [6, 6.07) is 15.2. The van der Waals surface area contributed by atoms with Gasteiger partial charge in [-0.3, -0.25) is 9.59 Å². The maximum atomic E-state index is 12.7. The molecule has 2 N–H and O–H groups in total. The Morgan fingerprint density at radius 1 is 1.00 bits per heavy atom. The lowest BCUT2D eigenvalue weighted by Crippen LogP contribution is -2.27. The minimum absolute atomic E-state index is 0.0471. The number of hydrogen-bond acceptors (Lipinski definition) is 3. The summed E-state index contributed by atoms with van der Waals surface area (Å²) in [5.74, 6) is 0.421. The summed E-state index contributed by atoms with van der Waals surface area (Å²) in [4.78, 5) is 25.5. The molecule has 0 spiro atoms. The maximum Gasteiger partial charge on any atom is 0.258 e. The molecule has 1 fully saturated rings. The second-order valence-electron chi connectivity index (χ2n) is 6.74. The number of carbonyl (C=O) groups excluding carboxylic acids is 2. The number of nitrogens with one attached hydrogen (secondary N) is 2. The normalized spacial score (nSPS) is 14.7. The molecule has 0 unspecified atom stereocenters. The standard InChI is InChI=1S/C21H25N3O2/c1-15(25)23-19-7-9-20(10-8-19)24(2)21(26)18-5-3-16(4-6-18)17-11-13-22-14-12-17/h3-10,17,22H,11-14H2,1-2H3,(H,23,25). The van der Waals surface area contributed by atoms with Crippen molar-refractivity contribution in [1.82, 2.24) is 5.32 Å². The number of benzene rings is 2. The molecule has 1 saturated heterocycles. The first-order chi connectivity index (χ1) is 12.5. The number of carbonyl (C=O) groups is 2. The molecular formula is C21H25N3O2. The van der Waals surface area contributed by atoms with Crippen LogP contribution in [0.4, 0.5) is 11.4 Å². The first-order valence-electron chi connectivity index (χ1n) is 9.01. The van der Waals surface area contributed by atoms with Gasteiger partial charge in [0.05, 0.1) is 0 Å². The fourth-order valence-corrected chi connectivity index (χ4v) is 3.34. The van der Waals surface area contributed by atoms with E-state index in [4.69, 9.17) is 0 Å². The zero-order valence-electron chi connectivity index (χ0n) is 15.3. The zero-order valence-corrected chi connectivity index (χ0v) is 15.3. The molecular weight excluding hydrogens is 326 g/mol. The Bertz CT molecular complexity index is 763. The Morgan fingerprint density at radius 3 is 2.19 bits per heavy atom. The van der Waals surface area contributed by atoms with Gasteiger partial charge in [0.25, 0.3) is 5.91 Å². The van der Waals surface area contributed by atoms with Gasteiger partial charge in [0.2, 0.25) is 5.91 Å². The predicted octanol–water partition coefficient (Wildman–Crippen LogP) is 3.39. The molecule has 5 heteroatoms.